The van der Waals surface area contributed by atoms with Crippen LogP contribution >= 0.6 is 12.6 Å². The van der Waals surface area contributed by atoms with Gasteiger partial charge in [-0.1, -0.05) is 12.2 Å². The van der Waals surface area contributed by atoms with E-state index in [0.717, 1.165) is 12.2 Å². The number of thiol groups is 1. The molecule has 0 saturated carbocycles. The van der Waals surface area contributed by atoms with Crippen LogP contribution in [0.3, 0.4) is 0 Å². The van der Waals surface area contributed by atoms with Crippen LogP contribution in [-0.2, 0) is 24.8 Å². The van der Waals surface area contributed by atoms with Crippen LogP contribution in [0.1, 0.15) is 6.42 Å². The third-order valence-electron chi connectivity index (χ3n) is 0.469. The van der Waals surface area contributed by atoms with Crippen molar-refractivity contribution in [3.05, 3.63) is 0 Å². The highest BCUT2D eigenvalue weighted by atomic mass is 32.8. The van der Waals surface area contributed by atoms with Crippen LogP contribution in [0.4, 0.5) is 0 Å². The molecular formula is C3H7OS3-. The summed E-state index contributed by atoms with van der Waals surface area (Å²) in [4.78, 5) is 0. The van der Waals surface area contributed by atoms with Crippen LogP contribution in [0, 0.1) is 0 Å². The van der Waals surface area contributed by atoms with Crippen LogP contribution < -0.4 is 0 Å². The van der Waals surface area contributed by atoms with Crippen LogP contribution in [0.25, 0.3) is 0 Å². The Labute approximate surface area is 55.6 Å². The molecule has 0 aromatic rings. The lowest BCUT2D eigenvalue weighted by molar-refractivity contribution is 0.603. The molecule has 0 spiro atoms. The number of rotatable bonds is 3. The third kappa shape index (κ3) is 6.72. The van der Waals surface area contributed by atoms with Gasteiger partial charge in [0.25, 0.3) is 0 Å². The minimum absolute atomic E-state index is 0.610. The summed E-state index contributed by atoms with van der Waals surface area (Å²) in [6.07, 6.45) is 0.860. The van der Waals surface area contributed by atoms with Crippen molar-refractivity contribution in [1.82, 2.24) is 0 Å². The first-order chi connectivity index (χ1) is 3.27. The zero-order valence-corrected chi connectivity index (χ0v) is 6.32. The second-order valence-electron chi connectivity index (χ2n) is 1.09. The van der Waals surface area contributed by atoms with Gasteiger partial charge in [0.2, 0.25) is 0 Å². The Kier molecular flexibility index (Phi) is 5.37. The highest BCUT2D eigenvalue weighted by Crippen LogP contribution is 1.82. The summed E-state index contributed by atoms with van der Waals surface area (Å²) in [6, 6.07) is 0. The van der Waals surface area contributed by atoms with E-state index in [1.807, 2.05) is 0 Å². The van der Waals surface area contributed by atoms with Gasteiger partial charge >= 0.3 is 0 Å². The van der Waals surface area contributed by atoms with Gasteiger partial charge in [0.15, 0.2) is 0 Å². The first-order valence-electron chi connectivity index (χ1n) is 1.94. The molecule has 4 heteroatoms. The first-order valence-corrected chi connectivity index (χ1v) is 4.81. The van der Waals surface area contributed by atoms with Crippen LogP contribution in [0.5, 0.6) is 0 Å². The molecule has 0 rings (SSSR count). The van der Waals surface area contributed by atoms with E-state index >= 15 is 0 Å². The Hall–Kier alpha value is 0.720. The monoisotopic (exact) mass is 155 g/mol. The molecule has 1 nitrogen and oxygen atoms in total. The van der Waals surface area contributed by atoms with Crippen molar-refractivity contribution < 1.29 is 4.21 Å². The van der Waals surface area contributed by atoms with Crippen molar-refractivity contribution in [2.45, 2.75) is 6.42 Å². The van der Waals surface area contributed by atoms with Gasteiger partial charge < -0.3 is 4.21 Å². The summed E-state index contributed by atoms with van der Waals surface area (Å²) in [5.41, 5.74) is 0. The van der Waals surface area contributed by atoms with Gasteiger partial charge in [-0.15, -0.1) is 0 Å². The van der Waals surface area contributed by atoms with Crippen molar-refractivity contribution in [3.63, 3.8) is 0 Å². The maximum absolute atomic E-state index is 10.1. The second-order valence-corrected chi connectivity index (χ2v) is 3.66. The Balaban J connectivity index is 2.98. The first kappa shape index (κ1) is 7.72. The van der Waals surface area contributed by atoms with E-state index < -0.39 is 9.36 Å². The molecule has 0 N–H and O–H groups in total. The molecule has 0 heterocycles. The Bertz CT molecular complexity index is 88.4. The maximum Gasteiger partial charge on any atom is -0.0114 e. The summed E-state index contributed by atoms with van der Waals surface area (Å²) < 4.78 is 10.1. The molecule has 0 amide bonds. The minimum Gasteiger partial charge on any atom is -0.451 e. The molecule has 0 atom stereocenters. The van der Waals surface area contributed by atoms with Crippen molar-refractivity contribution >= 4 is 33.2 Å². The predicted molar refractivity (Wildman–Crippen MR) is 38.8 cm³/mol. The number of hydrogen-bond donors (Lipinski definition) is 1. The SMILES string of the molecule is O=[S-](=S)CCCS. The zero-order valence-electron chi connectivity index (χ0n) is 3.79. The van der Waals surface area contributed by atoms with E-state index in [2.05, 4.69) is 23.8 Å². The molecule has 0 bridgehead atoms. The molecule has 0 radical (unpaired) electrons. The molecule has 0 aliphatic heterocycles. The lowest BCUT2D eigenvalue weighted by atomic mass is 10.6. The zero-order chi connectivity index (χ0) is 5.70. The van der Waals surface area contributed by atoms with Gasteiger partial charge in [-0.2, -0.15) is 12.6 Å². The molecule has 0 aromatic heterocycles. The van der Waals surface area contributed by atoms with Gasteiger partial charge in [-0.25, -0.2) is 20.5 Å². The van der Waals surface area contributed by atoms with E-state index in [4.69, 9.17) is 0 Å². The molecule has 0 aromatic carbocycles. The van der Waals surface area contributed by atoms with Crippen molar-refractivity contribution in [2.24, 2.45) is 0 Å². The fourth-order valence-corrected chi connectivity index (χ4v) is 1.29. The van der Waals surface area contributed by atoms with Gasteiger partial charge in [-0.3, -0.25) is 0 Å². The molecule has 0 aliphatic carbocycles. The molecule has 44 valence electrons. The van der Waals surface area contributed by atoms with Crippen LogP contribution in [0.15, 0.2) is 0 Å². The summed E-state index contributed by atoms with van der Waals surface area (Å²) in [7, 11) is -1.03. The maximum atomic E-state index is 10.1. The van der Waals surface area contributed by atoms with Crippen molar-refractivity contribution in [3.8, 4) is 0 Å². The third-order valence-corrected chi connectivity index (χ3v) is 1.91. The summed E-state index contributed by atoms with van der Waals surface area (Å²) in [5.74, 6) is 1.39. The molecule has 0 fully saturated rings. The quantitative estimate of drug-likeness (QED) is 0.478. The van der Waals surface area contributed by atoms with Crippen LogP contribution in [0.2, 0.25) is 0 Å². The standard InChI is InChI=1S/C3H7OS3/c4-7(6)3-1-2-5/h5H,1-3H2/q-1. The fraction of sp³-hybridized carbons (Fsp3) is 1.00. The molecule has 0 aliphatic rings. The second kappa shape index (κ2) is 4.87. The highest BCUT2D eigenvalue weighted by molar-refractivity contribution is 8.21. The lowest BCUT2D eigenvalue weighted by Crippen LogP contribution is -1.84. The molecule has 0 unspecified atom stereocenters. The summed E-state index contributed by atoms with van der Waals surface area (Å²) in [5, 5.41) is 0. The Morgan fingerprint density at radius 1 is 1.71 bits per heavy atom. The fourth-order valence-electron chi connectivity index (χ4n) is 0.182. The number of hydrogen-bond acceptors (Lipinski definition) is 4. The van der Waals surface area contributed by atoms with Gasteiger partial charge in [0.1, 0.15) is 0 Å². The molecular weight excluding hydrogens is 148 g/mol. The van der Waals surface area contributed by atoms with E-state index in [0.29, 0.717) is 5.75 Å². The predicted octanol–water partition coefficient (Wildman–Crippen LogP) is 0.732. The largest absolute Gasteiger partial charge is 0.451 e. The van der Waals surface area contributed by atoms with E-state index in [1.165, 1.54) is 0 Å². The summed E-state index contributed by atoms with van der Waals surface area (Å²) in [6.45, 7) is 0. The van der Waals surface area contributed by atoms with Crippen molar-refractivity contribution in [1.29, 1.82) is 0 Å². The van der Waals surface area contributed by atoms with E-state index in [9.17, 15) is 4.21 Å². The normalized spacial score (nSPS) is 10.0. The van der Waals surface area contributed by atoms with Crippen molar-refractivity contribution in [2.75, 3.05) is 11.5 Å². The average molecular weight is 155 g/mol. The summed E-state index contributed by atoms with van der Waals surface area (Å²) >= 11 is 8.30. The topological polar surface area (TPSA) is 17.1 Å². The average Bonchev–Trinajstić information content (AvgIpc) is 1.61. The van der Waals surface area contributed by atoms with Gasteiger partial charge in [-0.05, 0) is 5.75 Å². The lowest BCUT2D eigenvalue weighted by Gasteiger charge is -1.92. The van der Waals surface area contributed by atoms with Gasteiger partial charge in [0.05, 0.1) is 0 Å². The Morgan fingerprint density at radius 2 is 2.29 bits per heavy atom. The van der Waals surface area contributed by atoms with Gasteiger partial charge in [0, 0.05) is 0 Å². The Morgan fingerprint density at radius 3 is 2.43 bits per heavy atom. The highest BCUT2D eigenvalue weighted by Gasteiger charge is 1.70. The smallest absolute Gasteiger partial charge is 0.0114 e. The van der Waals surface area contributed by atoms with E-state index in [-0.39, 0.29) is 0 Å². The molecule has 0 saturated heterocycles. The minimum atomic E-state index is -1.03. The molecule has 7 heavy (non-hydrogen) atoms. The van der Waals surface area contributed by atoms with Crippen LogP contribution in [-0.4, -0.2) is 11.5 Å². The van der Waals surface area contributed by atoms with E-state index in [1.54, 1.807) is 0 Å².